The molecule has 0 aliphatic carbocycles. The van der Waals surface area contributed by atoms with Crippen molar-refractivity contribution in [1.82, 2.24) is 20.1 Å². The number of nitrogens with zero attached hydrogens (tertiary/aromatic N) is 3. The van der Waals surface area contributed by atoms with Crippen LogP contribution in [0.2, 0.25) is 5.02 Å². The fraction of sp³-hybridized carbons (Fsp3) is 0.263. The Labute approximate surface area is 182 Å². The number of aromatic nitrogens is 3. The average molecular weight is 450 g/mol. The zero-order valence-corrected chi connectivity index (χ0v) is 17.9. The molecule has 3 rings (SSSR count). The minimum Gasteiger partial charge on any atom is -0.495 e. The third kappa shape index (κ3) is 5.33. The number of amides is 2. The Morgan fingerprint density at radius 2 is 2.13 bits per heavy atom. The molecule has 9 nitrogen and oxygen atoms in total. The maximum atomic E-state index is 12.4. The average Bonchev–Trinajstić information content (AvgIpc) is 3.40. The molecule has 0 saturated carbocycles. The lowest BCUT2D eigenvalue weighted by atomic mass is 10.3. The zero-order chi connectivity index (χ0) is 21.5. The first-order chi connectivity index (χ1) is 14.5. The van der Waals surface area contributed by atoms with Gasteiger partial charge >= 0.3 is 0 Å². The number of methoxy groups -OCH3 is 1. The Hall–Kier alpha value is -2.98. The summed E-state index contributed by atoms with van der Waals surface area (Å²) in [5, 5.41) is 14.8. The van der Waals surface area contributed by atoms with Gasteiger partial charge in [-0.25, -0.2) is 0 Å². The lowest BCUT2D eigenvalue weighted by Gasteiger charge is -2.11. The van der Waals surface area contributed by atoms with Crippen molar-refractivity contribution in [3.8, 4) is 5.75 Å². The Bertz CT molecular complexity index is 1020. The second kappa shape index (κ2) is 10.2. The minimum absolute atomic E-state index is 0.118. The van der Waals surface area contributed by atoms with Gasteiger partial charge in [0.05, 0.1) is 31.4 Å². The molecule has 0 spiro atoms. The Kier molecular flexibility index (Phi) is 7.36. The number of hydrogen-bond donors (Lipinski definition) is 2. The molecule has 1 aromatic carbocycles. The number of furan rings is 1. The number of benzene rings is 1. The number of ether oxygens (including phenoxy) is 1. The van der Waals surface area contributed by atoms with E-state index in [0.29, 0.717) is 34.0 Å². The molecule has 0 saturated heterocycles. The van der Waals surface area contributed by atoms with Gasteiger partial charge in [-0.2, -0.15) is 0 Å². The normalized spacial score (nSPS) is 10.6. The van der Waals surface area contributed by atoms with Gasteiger partial charge in [0.25, 0.3) is 5.91 Å². The fourth-order valence-electron chi connectivity index (χ4n) is 2.62. The molecule has 0 aliphatic heterocycles. The Balaban J connectivity index is 1.58. The van der Waals surface area contributed by atoms with Gasteiger partial charge in [0.15, 0.2) is 16.7 Å². The summed E-state index contributed by atoms with van der Waals surface area (Å²) in [5.41, 5.74) is 0.494. The molecule has 0 fully saturated rings. The second-order valence-corrected chi connectivity index (χ2v) is 7.36. The van der Waals surface area contributed by atoms with Crippen LogP contribution in [0.5, 0.6) is 5.75 Å². The zero-order valence-electron chi connectivity index (χ0n) is 16.3. The van der Waals surface area contributed by atoms with Crippen molar-refractivity contribution >= 4 is 40.9 Å². The highest BCUT2D eigenvalue weighted by Gasteiger charge is 2.16. The molecule has 0 bridgehead atoms. The molecule has 2 aromatic heterocycles. The lowest BCUT2D eigenvalue weighted by molar-refractivity contribution is -0.113. The predicted molar refractivity (Wildman–Crippen MR) is 113 cm³/mol. The number of halogens is 1. The van der Waals surface area contributed by atoms with E-state index in [0.717, 1.165) is 0 Å². The topological polar surface area (TPSA) is 111 Å². The summed E-state index contributed by atoms with van der Waals surface area (Å²) in [6.45, 7) is 2.71. The summed E-state index contributed by atoms with van der Waals surface area (Å²) in [4.78, 5) is 24.4. The number of nitrogens with one attached hydrogen (secondary N) is 2. The van der Waals surface area contributed by atoms with Crippen molar-refractivity contribution in [3.05, 3.63) is 53.2 Å². The molecule has 158 valence electrons. The summed E-state index contributed by atoms with van der Waals surface area (Å²) in [7, 11) is 1.52. The monoisotopic (exact) mass is 449 g/mol. The SMILES string of the molecule is CCn1c(CNC(=O)c2ccco2)nnc1SCC(=O)Nc1cc(Cl)ccc1OC. The largest absolute Gasteiger partial charge is 0.495 e. The van der Waals surface area contributed by atoms with E-state index in [1.54, 1.807) is 30.3 Å². The third-order valence-electron chi connectivity index (χ3n) is 4.03. The molecule has 0 aliphatic rings. The molecule has 30 heavy (non-hydrogen) atoms. The third-order valence-corrected chi connectivity index (χ3v) is 5.23. The van der Waals surface area contributed by atoms with Crippen LogP contribution in [0.25, 0.3) is 0 Å². The van der Waals surface area contributed by atoms with Crippen molar-refractivity contribution in [2.75, 3.05) is 18.2 Å². The smallest absolute Gasteiger partial charge is 0.287 e. The molecule has 0 unspecified atom stereocenters. The van der Waals surface area contributed by atoms with Crippen molar-refractivity contribution in [2.24, 2.45) is 0 Å². The van der Waals surface area contributed by atoms with Gasteiger partial charge in [0, 0.05) is 11.6 Å². The van der Waals surface area contributed by atoms with E-state index in [4.69, 9.17) is 20.8 Å². The lowest BCUT2D eigenvalue weighted by Crippen LogP contribution is -2.24. The van der Waals surface area contributed by atoms with Crippen LogP contribution in [-0.2, 0) is 17.9 Å². The first-order valence-corrected chi connectivity index (χ1v) is 10.4. The maximum absolute atomic E-state index is 12.4. The van der Waals surface area contributed by atoms with Crippen LogP contribution in [0, 0.1) is 0 Å². The summed E-state index contributed by atoms with van der Waals surface area (Å²) in [6, 6.07) is 8.21. The molecule has 3 aromatic rings. The van der Waals surface area contributed by atoms with Gasteiger partial charge < -0.3 is 24.4 Å². The van der Waals surface area contributed by atoms with E-state index in [1.807, 2.05) is 11.5 Å². The number of rotatable bonds is 9. The van der Waals surface area contributed by atoms with E-state index in [2.05, 4.69) is 20.8 Å². The van der Waals surface area contributed by atoms with Crippen molar-refractivity contribution in [3.63, 3.8) is 0 Å². The van der Waals surface area contributed by atoms with Crippen molar-refractivity contribution in [1.29, 1.82) is 0 Å². The van der Waals surface area contributed by atoms with Crippen LogP contribution in [0.4, 0.5) is 5.69 Å². The summed E-state index contributed by atoms with van der Waals surface area (Å²) in [5.74, 6) is 0.863. The van der Waals surface area contributed by atoms with Gasteiger partial charge in [-0.05, 0) is 37.3 Å². The van der Waals surface area contributed by atoms with Gasteiger partial charge in [-0.15, -0.1) is 10.2 Å². The van der Waals surface area contributed by atoms with Gasteiger partial charge in [-0.1, -0.05) is 23.4 Å². The standard InChI is InChI=1S/C19H20ClN5O4S/c1-3-25-16(10-21-18(27)15-5-4-8-29-15)23-24-19(25)30-11-17(26)22-13-9-12(20)6-7-14(13)28-2/h4-9H,3,10-11H2,1-2H3,(H,21,27)(H,22,26). The number of anilines is 1. The van der Waals surface area contributed by atoms with E-state index >= 15 is 0 Å². The molecule has 2 N–H and O–H groups in total. The Morgan fingerprint density at radius 3 is 2.83 bits per heavy atom. The predicted octanol–water partition coefficient (Wildman–Crippen LogP) is 3.21. The van der Waals surface area contributed by atoms with Gasteiger partial charge in [-0.3, -0.25) is 9.59 Å². The quantitative estimate of drug-likeness (QED) is 0.482. The molecular weight excluding hydrogens is 430 g/mol. The summed E-state index contributed by atoms with van der Waals surface area (Å²) in [6.07, 6.45) is 1.43. The molecule has 2 heterocycles. The van der Waals surface area contributed by atoms with Crippen LogP contribution in [0.3, 0.4) is 0 Å². The Morgan fingerprint density at radius 1 is 1.30 bits per heavy atom. The van der Waals surface area contributed by atoms with Crippen LogP contribution >= 0.6 is 23.4 Å². The summed E-state index contributed by atoms with van der Waals surface area (Å²) < 4.78 is 12.1. The van der Waals surface area contributed by atoms with Crippen molar-refractivity contribution in [2.45, 2.75) is 25.2 Å². The van der Waals surface area contributed by atoms with E-state index < -0.39 is 0 Å². The number of carbonyl (C=O) groups excluding carboxylic acids is 2. The first kappa shape index (κ1) is 21.7. The molecule has 2 amide bonds. The van der Waals surface area contributed by atoms with Crippen LogP contribution < -0.4 is 15.4 Å². The van der Waals surface area contributed by atoms with Crippen LogP contribution in [0.1, 0.15) is 23.3 Å². The number of carbonyl (C=O) groups is 2. The molecule has 11 heteroatoms. The van der Waals surface area contributed by atoms with Gasteiger partial charge in [0.2, 0.25) is 5.91 Å². The van der Waals surface area contributed by atoms with Crippen LogP contribution in [-0.4, -0.2) is 39.4 Å². The highest BCUT2D eigenvalue weighted by atomic mass is 35.5. The van der Waals surface area contributed by atoms with Crippen molar-refractivity contribution < 1.29 is 18.7 Å². The van der Waals surface area contributed by atoms with Crippen LogP contribution in [0.15, 0.2) is 46.2 Å². The highest BCUT2D eigenvalue weighted by Crippen LogP contribution is 2.28. The van der Waals surface area contributed by atoms with E-state index in [-0.39, 0.29) is 29.9 Å². The summed E-state index contributed by atoms with van der Waals surface area (Å²) >= 11 is 7.23. The molecule has 0 radical (unpaired) electrons. The van der Waals surface area contributed by atoms with Gasteiger partial charge in [0.1, 0.15) is 5.75 Å². The molecular formula is C19H20ClN5O4S. The number of thioether (sulfide) groups is 1. The maximum Gasteiger partial charge on any atom is 0.287 e. The second-order valence-electron chi connectivity index (χ2n) is 5.98. The van der Waals surface area contributed by atoms with E-state index in [9.17, 15) is 9.59 Å². The van der Waals surface area contributed by atoms with E-state index in [1.165, 1.54) is 25.1 Å². The highest BCUT2D eigenvalue weighted by molar-refractivity contribution is 7.99. The number of hydrogen-bond acceptors (Lipinski definition) is 7. The fourth-order valence-corrected chi connectivity index (χ4v) is 3.62. The minimum atomic E-state index is -0.338. The first-order valence-electron chi connectivity index (χ1n) is 9.01. The molecule has 0 atom stereocenters.